The van der Waals surface area contributed by atoms with Crippen LogP contribution < -0.4 is 10.0 Å². The Morgan fingerprint density at radius 3 is 2.82 bits per heavy atom. The predicted molar refractivity (Wildman–Crippen MR) is 91.3 cm³/mol. The molecule has 2 rings (SSSR count). The van der Waals surface area contributed by atoms with Crippen molar-refractivity contribution in [1.29, 1.82) is 0 Å². The number of halogens is 2. The monoisotopic (exact) mass is 368 g/mol. The molecule has 0 amide bonds. The highest BCUT2D eigenvalue weighted by Gasteiger charge is 2.27. The Kier molecular flexibility index (Phi) is 7.58. The molecule has 0 aliphatic carbocycles. The van der Waals surface area contributed by atoms with Gasteiger partial charge in [-0.05, 0) is 24.1 Å². The lowest BCUT2D eigenvalue weighted by Gasteiger charge is -2.25. The number of ether oxygens (including phenoxy) is 1. The Hall–Kier alpha value is -0.370. The highest BCUT2D eigenvalue weighted by atomic mass is 35.5. The zero-order valence-electron chi connectivity index (χ0n) is 12.6. The molecule has 2 N–H and O–H groups in total. The van der Waals surface area contributed by atoms with Gasteiger partial charge < -0.3 is 10.1 Å². The van der Waals surface area contributed by atoms with E-state index in [1.54, 1.807) is 0 Å². The lowest BCUT2D eigenvalue weighted by molar-refractivity contribution is 0.0322. The van der Waals surface area contributed by atoms with Gasteiger partial charge in [-0.3, -0.25) is 0 Å². The van der Waals surface area contributed by atoms with E-state index in [0.717, 1.165) is 22.7 Å². The normalized spacial score (nSPS) is 22.7. The minimum absolute atomic E-state index is 0. The highest BCUT2D eigenvalue weighted by molar-refractivity contribution is 7.88. The van der Waals surface area contributed by atoms with Gasteiger partial charge in [0.15, 0.2) is 0 Å². The van der Waals surface area contributed by atoms with Crippen LogP contribution in [0.3, 0.4) is 0 Å². The van der Waals surface area contributed by atoms with Crippen molar-refractivity contribution < 1.29 is 13.2 Å². The molecule has 1 saturated heterocycles. The average molecular weight is 369 g/mol. The van der Waals surface area contributed by atoms with E-state index in [0.29, 0.717) is 19.7 Å². The van der Waals surface area contributed by atoms with Crippen molar-refractivity contribution in [3.05, 3.63) is 34.3 Å². The van der Waals surface area contributed by atoms with Crippen molar-refractivity contribution in [3.63, 3.8) is 0 Å². The first-order chi connectivity index (χ1) is 9.87. The second-order valence-electron chi connectivity index (χ2n) is 5.38. The first kappa shape index (κ1) is 19.7. The first-order valence-electron chi connectivity index (χ1n) is 6.90. The summed E-state index contributed by atoms with van der Waals surface area (Å²) in [5.74, 6) is 0.0304. The molecule has 0 spiro atoms. The molecular formula is C14H22Cl2N2O3S. The van der Waals surface area contributed by atoms with E-state index in [1.165, 1.54) is 6.26 Å². The van der Waals surface area contributed by atoms with Gasteiger partial charge in [-0.2, -0.15) is 0 Å². The fourth-order valence-electron chi connectivity index (χ4n) is 2.44. The molecule has 0 aromatic heterocycles. The number of rotatable bonds is 4. The molecule has 1 aromatic carbocycles. The minimum Gasteiger partial charge on any atom is -0.372 e. The Balaban J connectivity index is 0.00000242. The molecular weight excluding hydrogens is 347 g/mol. The van der Waals surface area contributed by atoms with Gasteiger partial charge in [-0.1, -0.05) is 23.7 Å². The average Bonchev–Trinajstić information content (AvgIpc) is 2.64. The van der Waals surface area contributed by atoms with Gasteiger partial charge in [-0.15, -0.1) is 12.4 Å². The van der Waals surface area contributed by atoms with Gasteiger partial charge >= 0.3 is 0 Å². The molecule has 0 bridgehead atoms. The smallest absolute Gasteiger partial charge is 0.208 e. The third-order valence-corrected chi connectivity index (χ3v) is 4.64. The van der Waals surface area contributed by atoms with Crippen LogP contribution >= 0.6 is 24.0 Å². The van der Waals surface area contributed by atoms with Crippen LogP contribution in [0.1, 0.15) is 17.2 Å². The van der Waals surface area contributed by atoms with E-state index < -0.39 is 10.0 Å². The predicted octanol–water partition coefficient (Wildman–Crippen LogP) is 1.90. The second-order valence-corrected chi connectivity index (χ2v) is 7.63. The van der Waals surface area contributed by atoms with Gasteiger partial charge in [0.1, 0.15) is 0 Å². The van der Waals surface area contributed by atoms with E-state index in [9.17, 15) is 8.42 Å². The maximum atomic E-state index is 11.3. The van der Waals surface area contributed by atoms with Crippen molar-refractivity contribution >= 4 is 34.0 Å². The summed E-state index contributed by atoms with van der Waals surface area (Å²) in [5, 5.41) is 3.99. The van der Waals surface area contributed by atoms with Crippen molar-refractivity contribution in [2.45, 2.75) is 13.0 Å². The van der Waals surface area contributed by atoms with E-state index in [1.807, 2.05) is 25.1 Å². The van der Waals surface area contributed by atoms with Gasteiger partial charge in [0.05, 0.1) is 19.0 Å². The molecule has 2 atom stereocenters. The van der Waals surface area contributed by atoms with Crippen molar-refractivity contribution in [3.8, 4) is 0 Å². The molecule has 22 heavy (non-hydrogen) atoms. The summed E-state index contributed by atoms with van der Waals surface area (Å²) in [5.41, 5.74) is 2.02. The number of nitrogens with one attached hydrogen (secondary N) is 2. The molecule has 1 fully saturated rings. The largest absolute Gasteiger partial charge is 0.372 e. The summed E-state index contributed by atoms with van der Waals surface area (Å²) in [6.07, 6.45) is 1.02. The summed E-state index contributed by atoms with van der Waals surface area (Å²) < 4.78 is 31.1. The molecule has 1 aliphatic rings. The Morgan fingerprint density at radius 1 is 1.45 bits per heavy atom. The van der Waals surface area contributed by atoms with E-state index in [-0.39, 0.29) is 24.4 Å². The third-order valence-electron chi connectivity index (χ3n) is 3.53. The Bertz CT molecular complexity index is 596. The number of benzene rings is 1. The molecule has 5 nitrogen and oxygen atoms in total. The summed E-state index contributed by atoms with van der Waals surface area (Å²) >= 11 is 6.06. The summed E-state index contributed by atoms with van der Waals surface area (Å²) in [4.78, 5) is 0. The van der Waals surface area contributed by atoms with Crippen LogP contribution in [0.25, 0.3) is 0 Å². The Labute approximate surface area is 143 Å². The fourth-order valence-corrected chi connectivity index (χ4v) is 3.07. The SMILES string of the molecule is Cc1cc(C2OCCNC[C@@H]2CNS(C)(=O)=O)ccc1Cl.Cl. The van der Waals surface area contributed by atoms with Crippen LogP contribution in [0, 0.1) is 12.8 Å². The highest BCUT2D eigenvalue weighted by Crippen LogP contribution is 2.29. The molecule has 126 valence electrons. The zero-order valence-corrected chi connectivity index (χ0v) is 15.0. The maximum Gasteiger partial charge on any atom is 0.208 e. The fraction of sp³-hybridized carbons (Fsp3) is 0.571. The second kappa shape index (κ2) is 8.47. The lowest BCUT2D eigenvalue weighted by Crippen LogP contribution is -2.36. The third kappa shape index (κ3) is 5.68. The molecule has 1 heterocycles. The minimum atomic E-state index is -3.21. The van der Waals surface area contributed by atoms with Crippen LogP contribution in [-0.4, -0.2) is 40.9 Å². The summed E-state index contributed by atoms with van der Waals surface area (Å²) in [6.45, 7) is 4.36. The van der Waals surface area contributed by atoms with Crippen LogP contribution in [0.4, 0.5) is 0 Å². The standard InChI is InChI=1S/C14H21ClN2O3S.ClH/c1-10-7-11(3-4-13(10)15)14-12(8-16-5-6-20-14)9-17-21(2,18)19;/h3-4,7,12,14,16-17H,5-6,8-9H2,1-2H3;1H/t12-,14?;/m1./s1. The van der Waals surface area contributed by atoms with Crippen molar-refractivity contribution in [1.82, 2.24) is 10.0 Å². The van der Waals surface area contributed by atoms with Gasteiger partial charge in [-0.25, -0.2) is 13.1 Å². The summed E-state index contributed by atoms with van der Waals surface area (Å²) in [7, 11) is -3.21. The Morgan fingerprint density at radius 2 is 2.18 bits per heavy atom. The van der Waals surface area contributed by atoms with Crippen LogP contribution in [0.2, 0.25) is 5.02 Å². The first-order valence-corrected chi connectivity index (χ1v) is 9.17. The molecule has 0 radical (unpaired) electrons. The van der Waals surface area contributed by atoms with Crippen molar-refractivity contribution in [2.75, 3.05) is 32.5 Å². The summed E-state index contributed by atoms with van der Waals surface area (Å²) in [6, 6.07) is 5.81. The molecule has 1 unspecified atom stereocenters. The number of hydrogen-bond acceptors (Lipinski definition) is 4. The van der Waals surface area contributed by atoms with Crippen LogP contribution in [-0.2, 0) is 14.8 Å². The number of aryl methyl sites for hydroxylation is 1. The maximum absolute atomic E-state index is 11.3. The van der Waals surface area contributed by atoms with E-state index >= 15 is 0 Å². The lowest BCUT2D eigenvalue weighted by atomic mass is 9.94. The number of sulfonamides is 1. The van der Waals surface area contributed by atoms with Crippen LogP contribution in [0.5, 0.6) is 0 Å². The van der Waals surface area contributed by atoms with Crippen molar-refractivity contribution in [2.24, 2.45) is 5.92 Å². The molecule has 1 aliphatic heterocycles. The van der Waals surface area contributed by atoms with E-state index in [2.05, 4.69) is 10.0 Å². The van der Waals surface area contributed by atoms with Gasteiger partial charge in [0.25, 0.3) is 0 Å². The van der Waals surface area contributed by atoms with Gasteiger partial charge in [0.2, 0.25) is 10.0 Å². The van der Waals surface area contributed by atoms with Crippen LogP contribution in [0.15, 0.2) is 18.2 Å². The molecule has 8 heteroatoms. The topological polar surface area (TPSA) is 67.4 Å². The zero-order chi connectivity index (χ0) is 15.5. The number of hydrogen-bond donors (Lipinski definition) is 2. The molecule has 1 aromatic rings. The van der Waals surface area contributed by atoms with Gasteiger partial charge in [0, 0.05) is 30.6 Å². The van der Waals surface area contributed by atoms with E-state index in [4.69, 9.17) is 16.3 Å². The molecule has 0 saturated carbocycles. The quantitative estimate of drug-likeness (QED) is 0.851.